The molecule has 14 heteroatoms. The van der Waals surface area contributed by atoms with Crippen LogP contribution >= 0.6 is 0 Å². The van der Waals surface area contributed by atoms with Gasteiger partial charge in [-0.3, -0.25) is 20.8 Å². The largest absolute Gasteiger partial charge is 0.293 e. The molecule has 0 amide bonds. The molecule has 4 aromatic rings. The third kappa shape index (κ3) is 4.89. The predicted molar refractivity (Wildman–Crippen MR) is 162 cm³/mol. The quantitative estimate of drug-likeness (QED) is 0.115. The zero-order chi connectivity index (χ0) is 31.0. The van der Waals surface area contributed by atoms with E-state index in [1.165, 1.54) is 48.5 Å². The van der Waals surface area contributed by atoms with Crippen molar-refractivity contribution < 1.29 is 25.9 Å². The van der Waals surface area contributed by atoms with E-state index in [0.717, 1.165) is 10.7 Å². The summed E-state index contributed by atoms with van der Waals surface area (Å²) in [4.78, 5) is -3.17. The molecule has 8 N–H and O–H groups in total. The zero-order valence-electron chi connectivity index (χ0n) is 22.6. The molecule has 224 valence electrons. The molecule has 12 nitrogen and oxygen atoms in total. The van der Waals surface area contributed by atoms with E-state index in [0.29, 0.717) is 10.3 Å². The number of nitrogens with zero attached hydrogens (tertiary/aromatic N) is 3. The van der Waals surface area contributed by atoms with Crippen molar-refractivity contribution in [3.8, 4) is 0 Å². The topological polar surface area (TPSA) is 197 Å². The van der Waals surface area contributed by atoms with Crippen molar-refractivity contribution in [3.05, 3.63) is 143 Å². The molecule has 0 spiro atoms. The molecule has 43 heavy (non-hydrogen) atoms. The van der Waals surface area contributed by atoms with Gasteiger partial charge in [-0.1, -0.05) is 133 Å². The Labute approximate surface area is 249 Å². The molecule has 1 heterocycles. The highest BCUT2D eigenvalue weighted by atomic mass is 32.2. The van der Waals surface area contributed by atoms with Crippen LogP contribution in [0.1, 0.15) is 27.8 Å². The van der Waals surface area contributed by atoms with Crippen LogP contribution in [0, 0.1) is 0 Å². The van der Waals surface area contributed by atoms with Gasteiger partial charge in [0.2, 0.25) is 4.87 Å². The molecule has 0 aromatic heterocycles. The monoisotopic (exact) mass is 622 g/mol. The summed E-state index contributed by atoms with van der Waals surface area (Å²) >= 11 is 0. The highest BCUT2D eigenvalue weighted by Gasteiger charge is 2.75. The van der Waals surface area contributed by atoms with Crippen molar-refractivity contribution in [2.75, 3.05) is 0 Å². The molecule has 5 rings (SSSR count). The molecule has 4 aromatic carbocycles. The van der Waals surface area contributed by atoms with Crippen LogP contribution in [0.15, 0.2) is 115 Å². The normalized spacial score (nSPS) is 22.1. The lowest BCUT2D eigenvalue weighted by Crippen LogP contribution is -2.86. The summed E-state index contributed by atoms with van der Waals surface area (Å²) in [6.07, 6.45) is 3.20. The second kappa shape index (κ2) is 11.4. The van der Waals surface area contributed by atoms with Gasteiger partial charge in [0.15, 0.2) is 5.25 Å². The Morgan fingerprint density at radius 1 is 0.628 bits per heavy atom. The Kier molecular flexibility index (Phi) is 8.10. The summed E-state index contributed by atoms with van der Waals surface area (Å²) in [7, 11) is -11.2. The Balaban J connectivity index is 1.98. The summed E-state index contributed by atoms with van der Waals surface area (Å²) in [5, 5.41) is -0.997. The number of hydrogen-bond acceptors (Lipinski definition) is 10. The van der Waals surface area contributed by atoms with Gasteiger partial charge in [0.1, 0.15) is 5.54 Å². The second-order valence-electron chi connectivity index (χ2n) is 9.91. The van der Waals surface area contributed by atoms with Gasteiger partial charge in [-0.05, 0) is 22.3 Å². The van der Waals surface area contributed by atoms with Crippen LogP contribution in [-0.2, 0) is 30.6 Å². The van der Waals surface area contributed by atoms with Crippen LogP contribution in [-0.4, -0.2) is 46.7 Å². The first-order chi connectivity index (χ1) is 20.4. The molecule has 2 unspecified atom stereocenters. The molecule has 0 radical (unpaired) electrons. The number of benzene rings is 4. The minimum Gasteiger partial charge on any atom is -0.285 e. The molecule has 1 saturated heterocycles. The van der Waals surface area contributed by atoms with E-state index >= 15 is 0 Å². The van der Waals surface area contributed by atoms with Gasteiger partial charge < -0.3 is 0 Å². The van der Waals surface area contributed by atoms with Crippen molar-refractivity contribution >= 4 is 32.4 Å². The molecule has 1 fully saturated rings. The Bertz CT molecular complexity index is 1800. The second-order valence-corrected chi connectivity index (χ2v) is 13.0. The van der Waals surface area contributed by atoms with E-state index < -0.39 is 35.9 Å². The van der Waals surface area contributed by atoms with Crippen LogP contribution < -0.4 is 17.5 Å². The van der Waals surface area contributed by atoms with Crippen molar-refractivity contribution in [1.82, 2.24) is 15.5 Å². The first kappa shape index (κ1) is 30.7. The Hall–Kier alpha value is -3.80. The number of hydrogen-bond donors (Lipinski definition) is 5. The maximum Gasteiger partial charge on any atom is 0.293 e. The fraction of sp³-hybridized carbons (Fsp3) is 0.103. The van der Waals surface area contributed by atoms with Crippen molar-refractivity contribution in [1.29, 1.82) is 0 Å². The van der Waals surface area contributed by atoms with Gasteiger partial charge in [0.05, 0.1) is 0 Å². The average molecular weight is 623 g/mol. The smallest absolute Gasteiger partial charge is 0.285 e. The fourth-order valence-corrected chi connectivity index (χ4v) is 9.26. The minimum absolute atomic E-state index is 0.125. The maximum atomic E-state index is 13.9. The highest BCUT2D eigenvalue weighted by molar-refractivity contribution is 7.90. The molecule has 1 aliphatic heterocycles. The highest BCUT2D eigenvalue weighted by Crippen LogP contribution is 2.55. The van der Waals surface area contributed by atoms with E-state index in [1.807, 2.05) is 6.07 Å². The van der Waals surface area contributed by atoms with Gasteiger partial charge >= 0.3 is 0 Å². The van der Waals surface area contributed by atoms with E-state index in [9.17, 15) is 25.9 Å². The van der Waals surface area contributed by atoms with Gasteiger partial charge in [-0.15, -0.1) is 10.2 Å². The summed E-state index contributed by atoms with van der Waals surface area (Å²) in [6, 6.07) is 30.5. The predicted octanol–water partition coefficient (Wildman–Crippen LogP) is 2.47. The van der Waals surface area contributed by atoms with E-state index in [-0.39, 0.29) is 22.3 Å². The summed E-state index contributed by atoms with van der Waals surface area (Å²) in [5.74, 6) is 19.3. The van der Waals surface area contributed by atoms with E-state index in [2.05, 4.69) is 0 Å². The van der Waals surface area contributed by atoms with E-state index in [4.69, 9.17) is 17.5 Å². The van der Waals surface area contributed by atoms with Crippen LogP contribution in [0.25, 0.3) is 12.2 Å². The van der Waals surface area contributed by atoms with Gasteiger partial charge in [0.25, 0.3) is 20.2 Å². The van der Waals surface area contributed by atoms with Gasteiger partial charge in [-0.2, -0.15) is 16.8 Å². The summed E-state index contributed by atoms with van der Waals surface area (Å²) < 4.78 is 77.8. The molecule has 0 saturated carbocycles. The average Bonchev–Trinajstić information content (AvgIpc) is 2.99. The lowest BCUT2D eigenvalue weighted by atomic mass is 9.74. The fourth-order valence-electron chi connectivity index (χ4n) is 5.85. The zero-order valence-corrected chi connectivity index (χ0v) is 24.3. The van der Waals surface area contributed by atoms with Crippen molar-refractivity contribution in [2.45, 2.75) is 15.7 Å². The van der Waals surface area contributed by atoms with Gasteiger partial charge in [0, 0.05) is 5.56 Å². The number of nitrogens with two attached hydrogens (primary N) is 3. The van der Waals surface area contributed by atoms with Crippen molar-refractivity contribution in [3.63, 3.8) is 0 Å². The first-order valence-corrected chi connectivity index (χ1v) is 15.8. The van der Waals surface area contributed by atoms with E-state index in [1.54, 1.807) is 72.8 Å². The number of rotatable bonds is 7. The molecular formula is C29H30N6O6S2. The van der Waals surface area contributed by atoms with Gasteiger partial charge in [-0.25, -0.2) is 5.84 Å². The molecule has 2 atom stereocenters. The molecular weight excluding hydrogens is 592 g/mol. The van der Waals surface area contributed by atoms with Crippen LogP contribution in [0.3, 0.4) is 0 Å². The third-order valence-corrected chi connectivity index (χ3v) is 10.5. The first-order valence-electron chi connectivity index (χ1n) is 12.9. The molecule has 1 aliphatic rings. The van der Waals surface area contributed by atoms with Crippen molar-refractivity contribution in [2.24, 2.45) is 17.5 Å². The van der Waals surface area contributed by atoms with Crippen LogP contribution in [0.4, 0.5) is 0 Å². The Morgan fingerprint density at radius 3 is 1.58 bits per heavy atom. The molecule has 0 aliphatic carbocycles. The third-order valence-electron chi connectivity index (χ3n) is 7.60. The number of hydrazine groups is 5. The lowest BCUT2D eigenvalue weighted by molar-refractivity contribution is -0.299. The maximum absolute atomic E-state index is 13.9. The standard InChI is InChI=1S/C29H30N6O6S2/c30-33-28(24-15-6-2-7-16-24,25-17-8-3-9-18-25)27(42(36,37)38)29(43(39,40)41,34(31)35(33)32)26-19-11-10-14-23(26)21-20-22-12-4-1-5-13-22/h1-21,27H,30-32H2,(H,36,37,38)(H,39,40,41). The lowest BCUT2D eigenvalue weighted by Gasteiger charge is -2.61. The minimum atomic E-state index is -5.65. The summed E-state index contributed by atoms with van der Waals surface area (Å²) in [6.45, 7) is 0. The SMILES string of the molecule is NN1N(N)C(c2ccccc2)(c2ccccc2)C(S(=O)(=O)O)C(c2ccccc2C=Cc2ccccc2)(S(=O)(=O)O)N1N. The van der Waals surface area contributed by atoms with Crippen LogP contribution in [0.2, 0.25) is 0 Å². The Morgan fingerprint density at radius 2 is 1.09 bits per heavy atom. The summed E-state index contributed by atoms with van der Waals surface area (Å²) in [5.41, 5.74) is -1.43. The van der Waals surface area contributed by atoms with Crippen LogP contribution in [0.5, 0.6) is 0 Å². The molecule has 0 bridgehead atoms.